The predicted octanol–water partition coefficient (Wildman–Crippen LogP) is 3.50. The Morgan fingerprint density at radius 3 is 2.59 bits per heavy atom. The van der Waals surface area contributed by atoms with E-state index in [2.05, 4.69) is 10.2 Å². The zero-order chi connectivity index (χ0) is 15.4. The van der Waals surface area contributed by atoms with Crippen molar-refractivity contribution in [3.63, 3.8) is 0 Å². The van der Waals surface area contributed by atoms with E-state index in [-0.39, 0.29) is 6.61 Å². The Morgan fingerprint density at radius 2 is 1.91 bits per heavy atom. The standard InChI is InChI=1S/C16H13ClN2O3/c17-14-4-2-1-3-13(14)15(20)9-21-12-7-5-11(6-8-12)16-19-18-10-22-16/h1-8,10,15,20H,9H2. The molecule has 1 aromatic heterocycles. The van der Waals surface area contributed by atoms with Crippen molar-refractivity contribution < 1.29 is 14.3 Å². The van der Waals surface area contributed by atoms with Crippen LogP contribution in [-0.4, -0.2) is 21.9 Å². The molecule has 0 saturated heterocycles. The van der Waals surface area contributed by atoms with Gasteiger partial charge in [-0.15, -0.1) is 10.2 Å². The van der Waals surface area contributed by atoms with Gasteiger partial charge in [0.25, 0.3) is 0 Å². The largest absolute Gasteiger partial charge is 0.491 e. The van der Waals surface area contributed by atoms with E-state index in [9.17, 15) is 5.11 Å². The number of hydrogen-bond donors (Lipinski definition) is 1. The predicted molar refractivity (Wildman–Crippen MR) is 81.6 cm³/mol. The fourth-order valence-electron chi connectivity index (χ4n) is 2.00. The average Bonchev–Trinajstić information content (AvgIpc) is 3.08. The summed E-state index contributed by atoms with van der Waals surface area (Å²) in [6, 6.07) is 14.3. The van der Waals surface area contributed by atoms with E-state index < -0.39 is 6.10 Å². The zero-order valence-corrected chi connectivity index (χ0v) is 12.3. The summed E-state index contributed by atoms with van der Waals surface area (Å²) < 4.78 is 10.7. The van der Waals surface area contributed by atoms with Crippen molar-refractivity contribution in [2.24, 2.45) is 0 Å². The first-order chi connectivity index (χ1) is 10.7. The van der Waals surface area contributed by atoms with Gasteiger partial charge in [0, 0.05) is 16.1 Å². The zero-order valence-electron chi connectivity index (χ0n) is 11.5. The summed E-state index contributed by atoms with van der Waals surface area (Å²) in [5.74, 6) is 1.08. The average molecular weight is 317 g/mol. The fraction of sp³-hybridized carbons (Fsp3) is 0.125. The van der Waals surface area contributed by atoms with Crippen molar-refractivity contribution in [3.8, 4) is 17.2 Å². The van der Waals surface area contributed by atoms with Crippen LogP contribution in [0.5, 0.6) is 5.75 Å². The van der Waals surface area contributed by atoms with E-state index in [1.54, 1.807) is 24.3 Å². The maximum atomic E-state index is 10.1. The first-order valence-corrected chi connectivity index (χ1v) is 7.04. The van der Waals surface area contributed by atoms with Crippen LogP contribution in [0.2, 0.25) is 5.02 Å². The molecule has 22 heavy (non-hydrogen) atoms. The summed E-state index contributed by atoms with van der Waals surface area (Å²) in [7, 11) is 0. The Bertz CT molecular complexity index is 729. The molecule has 6 heteroatoms. The highest BCUT2D eigenvalue weighted by atomic mass is 35.5. The second-order valence-corrected chi connectivity index (χ2v) is 5.02. The van der Waals surface area contributed by atoms with Crippen LogP contribution in [-0.2, 0) is 0 Å². The molecule has 0 aliphatic heterocycles. The molecule has 0 aliphatic carbocycles. The molecule has 5 nitrogen and oxygen atoms in total. The van der Waals surface area contributed by atoms with E-state index in [0.29, 0.717) is 22.2 Å². The van der Waals surface area contributed by atoms with Crippen molar-refractivity contribution in [2.45, 2.75) is 6.10 Å². The van der Waals surface area contributed by atoms with Crippen LogP contribution in [0.15, 0.2) is 59.3 Å². The quantitative estimate of drug-likeness (QED) is 0.780. The summed E-state index contributed by atoms with van der Waals surface area (Å²) in [6.07, 6.45) is 0.490. The van der Waals surface area contributed by atoms with Gasteiger partial charge in [0.05, 0.1) is 0 Å². The molecule has 1 unspecified atom stereocenters. The van der Waals surface area contributed by atoms with E-state index in [4.69, 9.17) is 20.8 Å². The summed E-state index contributed by atoms with van der Waals surface area (Å²) in [5, 5.41) is 18.1. The van der Waals surface area contributed by atoms with E-state index in [1.165, 1.54) is 6.39 Å². The smallest absolute Gasteiger partial charge is 0.247 e. The summed E-state index contributed by atoms with van der Waals surface area (Å²) in [4.78, 5) is 0. The number of aromatic nitrogens is 2. The minimum Gasteiger partial charge on any atom is -0.491 e. The van der Waals surface area contributed by atoms with Crippen molar-refractivity contribution >= 4 is 11.6 Å². The van der Waals surface area contributed by atoms with Gasteiger partial charge in [-0.1, -0.05) is 29.8 Å². The second kappa shape index (κ2) is 6.60. The Labute approximate surface area is 132 Å². The number of hydrogen-bond acceptors (Lipinski definition) is 5. The molecule has 0 bridgehead atoms. The highest BCUT2D eigenvalue weighted by Gasteiger charge is 2.12. The lowest BCUT2D eigenvalue weighted by atomic mass is 10.1. The first-order valence-electron chi connectivity index (χ1n) is 6.66. The molecule has 3 aromatic rings. The van der Waals surface area contributed by atoms with Gasteiger partial charge in [0.15, 0.2) is 0 Å². The lowest BCUT2D eigenvalue weighted by Gasteiger charge is -2.14. The maximum absolute atomic E-state index is 10.1. The van der Waals surface area contributed by atoms with Crippen molar-refractivity contribution in [1.82, 2.24) is 10.2 Å². The summed E-state index contributed by atoms with van der Waals surface area (Å²) in [5.41, 5.74) is 1.45. The molecule has 112 valence electrons. The normalized spacial score (nSPS) is 12.1. The number of rotatable bonds is 5. The molecule has 0 amide bonds. The number of halogens is 1. The van der Waals surface area contributed by atoms with E-state index >= 15 is 0 Å². The molecule has 3 rings (SSSR count). The van der Waals surface area contributed by atoms with Gasteiger partial charge in [-0.05, 0) is 30.3 Å². The number of benzene rings is 2. The van der Waals surface area contributed by atoms with Gasteiger partial charge < -0.3 is 14.3 Å². The lowest BCUT2D eigenvalue weighted by molar-refractivity contribution is 0.108. The molecular weight excluding hydrogens is 304 g/mol. The Kier molecular flexibility index (Phi) is 4.37. The third kappa shape index (κ3) is 3.27. The molecule has 0 aliphatic rings. The highest BCUT2D eigenvalue weighted by molar-refractivity contribution is 6.31. The van der Waals surface area contributed by atoms with Crippen molar-refractivity contribution in [3.05, 3.63) is 65.5 Å². The van der Waals surface area contributed by atoms with Crippen LogP contribution < -0.4 is 4.74 Å². The van der Waals surface area contributed by atoms with Crippen LogP contribution in [0.25, 0.3) is 11.5 Å². The topological polar surface area (TPSA) is 68.4 Å². The molecule has 1 heterocycles. The van der Waals surface area contributed by atoms with Gasteiger partial charge in [0.2, 0.25) is 12.3 Å². The van der Waals surface area contributed by atoms with Crippen LogP contribution in [0, 0.1) is 0 Å². The molecule has 0 saturated carbocycles. The van der Waals surface area contributed by atoms with E-state index in [1.807, 2.05) is 24.3 Å². The maximum Gasteiger partial charge on any atom is 0.247 e. The van der Waals surface area contributed by atoms with E-state index in [0.717, 1.165) is 5.56 Å². The number of nitrogens with zero attached hydrogens (tertiary/aromatic N) is 2. The number of aliphatic hydroxyl groups excluding tert-OH is 1. The minimum atomic E-state index is -0.788. The Hall–Kier alpha value is -2.37. The third-order valence-corrected chi connectivity index (χ3v) is 3.48. The van der Waals surface area contributed by atoms with Gasteiger partial charge in [0.1, 0.15) is 18.5 Å². The monoisotopic (exact) mass is 316 g/mol. The Morgan fingerprint density at radius 1 is 1.14 bits per heavy atom. The lowest BCUT2D eigenvalue weighted by Crippen LogP contribution is -2.10. The van der Waals surface area contributed by atoms with Crippen LogP contribution >= 0.6 is 11.6 Å². The van der Waals surface area contributed by atoms with Crippen LogP contribution in [0.3, 0.4) is 0 Å². The molecule has 0 fully saturated rings. The summed E-state index contributed by atoms with van der Waals surface area (Å²) >= 11 is 6.04. The van der Waals surface area contributed by atoms with Crippen molar-refractivity contribution in [1.29, 1.82) is 0 Å². The fourth-order valence-corrected chi connectivity index (χ4v) is 2.26. The van der Waals surface area contributed by atoms with Gasteiger partial charge in [-0.3, -0.25) is 0 Å². The molecule has 2 aromatic carbocycles. The third-order valence-electron chi connectivity index (χ3n) is 3.13. The van der Waals surface area contributed by atoms with Crippen LogP contribution in [0.4, 0.5) is 0 Å². The van der Waals surface area contributed by atoms with Gasteiger partial charge >= 0.3 is 0 Å². The number of aliphatic hydroxyl groups is 1. The van der Waals surface area contributed by atoms with Gasteiger partial charge in [-0.2, -0.15) is 0 Å². The summed E-state index contributed by atoms with van der Waals surface area (Å²) in [6.45, 7) is 0.115. The van der Waals surface area contributed by atoms with Crippen molar-refractivity contribution in [2.75, 3.05) is 6.61 Å². The highest BCUT2D eigenvalue weighted by Crippen LogP contribution is 2.24. The SMILES string of the molecule is OC(COc1ccc(-c2nnco2)cc1)c1ccccc1Cl. The van der Waals surface area contributed by atoms with Gasteiger partial charge in [-0.25, -0.2) is 0 Å². The minimum absolute atomic E-state index is 0.115. The van der Waals surface area contributed by atoms with Crippen LogP contribution in [0.1, 0.15) is 11.7 Å². The molecule has 1 atom stereocenters. The molecule has 1 N–H and O–H groups in total. The Balaban J connectivity index is 1.63. The molecule has 0 spiro atoms. The molecule has 0 radical (unpaired) electrons. The first kappa shape index (κ1) is 14.6. The number of ether oxygens (including phenoxy) is 1. The molecular formula is C16H13ClN2O3. The second-order valence-electron chi connectivity index (χ2n) is 4.62.